The summed E-state index contributed by atoms with van der Waals surface area (Å²) in [6.45, 7) is 10.0. The standard InChI is InChI=1S/C15H28N2O3/c1-10(2)9-17(8-7-16(5)6)13(18)11-12(14(19)20)15(11,3)4/h10-12H,7-9H2,1-6H3,(H,19,20)/t11-,12+/m1/s1. The third-order valence-electron chi connectivity index (χ3n) is 4.07. The van der Waals surface area contributed by atoms with Crippen molar-refractivity contribution in [2.24, 2.45) is 23.2 Å². The molecule has 1 aliphatic carbocycles. The minimum atomic E-state index is -0.856. The Balaban J connectivity index is 2.76. The van der Waals surface area contributed by atoms with Crippen LogP contribution in [0.4, 0.5) is 0 Å². The molecule has 1 saturated carbocycles. The van der Waals surface area contributed by atoms with Crippen LogP contribution >= 0.6 is 0 Å². The van der Waals surface area contributed by atoms with Crippen LogP contribution in [0.2, 0.25) is 0 Å². The molecular formula is C15H28N2O3. The molecule has 0 aromatic rings. The van der Waals surface area contributed by atoms with E-state index in [0.717, 1.165) is 6.54 Å². The zero-order valence-corrected chi connectivity index (χ0v) is 13.5. The Hall–Kier alpha value is -1.10. The smallest absolute Gasteiger partial charge is 0.307 e. The largest absolute Gasteiger partial charge is 0.481 e. The Labute approximate surface area is 121 Å². The lowest BCUT2D eigenvalue weighted by Crippen LogP contribution is -2.40. The van der Waals surface area contributed by atoms with E-state index in [0.29, 0.717) is 19.0 Å². The lowest BCUT2D eigenvalue weighted by molar-refractivity contribution is -0.142. The minimum Gasteiger partial charge on any atom is -0.481 e. The van der Waals surface area contributed by atoms with Gasteiger partial charge in [0.2, 0.25) is 5.91 Å². The maximum Gasteiger partial charge on any atom is 0.307 e. The van der Waals surface area contributed by atoms with Gasteiger partial charge in [-0.1, -0.05) is 27.7 Å². The summed E-state index contributed by atoms with van der Waals surface area (Å²) >= 11 is 0. The van der Waals surface area contributed by atoms with Gasteiger partial charge in [-0.15, -0.1) is 0 Å². The van der Waals surface area contributed by atoms with E-state index in [4.69, 9.17) is 0 Å². The number of carbonyl (C=O) groups is 2. The van der Waals surface area contributed by atoms with Crippen LogP contribution in [-0.2, 0) is 9.59 Å². The number of hydrogen-bond donors (Lipinski definition) is 1. The summed E-state index contributed by atoms with van der Waals surface area (Å²) in [5.41, 5.74) is -0.420. The summed E-state index contributed by atoms with van der Waals surface area (Å²) in [5, 5.41) is 9.21. The Kier molecular flexibility index (Phi) is 5.19. The summed E-state index contributed by atoms with van der Waals surface area (Å²) in [4.78, 5) is 27.7. The molecule has 1 N–H and O–H groups in total. The fourth-order valence-corrected chi connectivity index (χ4v) is 2.81. The second-order valence-electron chi connectivity index (χ2n) is 7.10. The van der Waals surface area contributed by atoms with Gasteiger partial charge in [-0.2, -0.15) is 0 Å². The first-order valence-electron chi connectivity index (χ1n) is 7.25. The minimum absolute atomic E-state index is 0.00190. The molecule has 0 unspecified atom stereocenters. The van der Waals surface area contributed by atoms with Crippen LogP contribution in [-0.4, -0.2) is 60.5 Å². The predicted octanol–water partition coefficient (Wildman–Crippen LogP) is 1.39. The molecule has 0 aromatic carbocycles. The van der Waals surface area contributed by atoms with Gasteiger partial charge in [0.25, 0.3) is 0 Å². The van der Waals surface area contributed by atoms with E-state index < -0.39 is 17.3 Å². The molecule has 0 aromatic heterocycles. The van der Waals surface area contributed by atoms with E-state index in [1.54, 1.807) is 0 Å². The van der Waals surface area contributed by atoms with Crippen LogP contribution < -0.4 is 0 Å². The van der Waals surface area contributed by atoms with Crippen molar-refractivity contribution in [3.8, 4) is 0 Å². The van der Waals surface area contributed by atoms with Crippen LogP contribution in [0.15, 0.2) is 0 Å². The molecule has 1 amide bonds. The molecule has 1 rings (SSSR count). The van der Waals surface area contributed by atoms with Crippen LogP contribution in [0.5, 0.6) is 0 Å². The summed E-state index contributed by atoms with van der Waals surface area (Å²) < 4.78 is 0. The van der Waals surface area contributed by atoms with Gasteiger partial charge in [0.05, 0.1) is 11.8 Å². The lowest BCUT2D eigenvalue weighted by Gasteiger charge is -2.26. The van der Waals surface area contributed by atoms with Crippen molar-refractivity contribution in [2.75, 3.05) is 33.7 Å². The van der Waals surface area contributed by atoms with Gasteiger partial charge < -0.3 is 14.9 Å². The Morgan fingerprint density at radius 3 is 2.05 bits per heavy atom. The molecule has 116 valence electrons. The third kappa shape index (κ3) is 3.72. The predicted molar refractivity (Wildman–Crippen MR) is 78.4 cm³/mol. The highest BCUT2D eigenvalue weighted by Crippen LogP contribution is 2.59. The van der Waals surface area contributed by atoms with Crippen molar-refractivity contribution in [3.63, 3.8) is 0 Å². The number of likely N-dealkylation sites (N-methyl/N-ethyl adjacent to an activating group) is 1. The Morgan fingerprint density at radius 2 is 1.70 bits per heavy atom. The number of rotatable bonds is 7. The highest BCUT2D eigenvalue weighted by atomic mass is 16.4. The molecule has 0 bridgehead atoms. The van der Waals surface area contributed by atoms with E-state index in [1.165, 1.54) is 0 Å². The van der Waals surface area contributed by atoms with Crippen LogP contribution in [0.25, 0.3) is 0 Å². The molecule has 0 heterocycles. The number of carboxylic acid groups (broad SMARTS) is 1. The Bertz CT molecular complexity index is 377. The second kappa shape index (κ2) is 6.12. The summed E-state index contributed by atoms with van der Waals surface area (Å²) in [6.07, 6.45) is 0. The topological polar surface area (TPSA) is 60.9 Å². The van der Waals surface area contributed by atoms with Gasteiger partial charge in [-0.05, 0) is 25.4 Å². The molecule has 0 spiro atoms. The second-order valence-corrected chi connectivity index (χ2v) is 7.10. The Morgan fingerprint density at radius 1 is 1.15 bits per heavy atom. The first kappa shape index (κ1) is 17.0. The van der Waals surface area contributed by atoms with Crippen molar-refractivity contribution in [3.05, 3.63) is 0 Å². The maximum atomic E-state index is 12.6. The number of hydrogen-bond acceptors (Lipinski definition) is 3. The first-order valence-corrected chi connectivity index (χ1v) is 7.25. The third-order valence-corrected chi connectivity index (χ3v) is 4.07. The molecule has 0 aliphatic heterocycles. The normalized spacial score (nSPS) is 24.0. The zero-order chi connectivity index (χ0) is 15.7. The van der Waals surface area contributed by atoms with E-state index >= 15 is 0 Å². The van der Waals surface area contributed by atoms with Crippen molar-refractivity contribution in [2.45, 2.75) is 27.7 Å². The lowest BCUT2D eigenvalue weighted by atomic mass is 10.1. The maximum absolute atomic E-state index is 12.6. The van der Waals surface area contributed by atoms with Gasteiger partial charge in [-0.25, -0.2) is 0 Å². The van der Waals surface area contributed by atoms with Gasteiger partial charge in [0.1, 0.15) is 0 Å². The van der Waals surface area contributed by atoms with Crippen molar-refractivity contribution in [1.29, 1.82) is 0 Å². The SMILES string of the molecule is CC(C)CN(CCN(C)C)C(=O)[C@H]1[C@@H](C(=O)O)C1(C)C. The van der Waals surface area contributed by atoms with Crippen LogP contribution in [0.1, 0.15) is 27.7 Å². The zero-order valence-electron chi connectivity index (χ0n) is 13.5. The summed E-state index contributed by atoms with van der Waals surface area (Å²) in [7, 11) is 3.94. The molecule has 0 saturated heterocycles. The number of carbonyl (C=O) groups excluding carboxylic acids is 1. The molecule has 1 fully saturated rings. The van der Waals surface area contributed by atoms with E-state index in [9.17, 15) is 14.7 Å². The number of aliphatic carboxylic acids is 1. The van der Waals surface area contributed by atoms with E-state index in [1.807, 2.05) is 37.7 Å². The highest BCUT2D eigenvalue weighted by molar-refractivity contribution is 5.91. The molecule has 5 heteroatoms. The summed E-state index contributed by atoms with van der Waals surface area (Å²) in [6, 6.07) is 0. The average Bonchev–Trinajstić information content (AvgIpc) is 2.86. The quantitative estimate of drug-likeness (QED) is 0.767. The van der Waals surface area contributed by atoms with E-state index in [-0.39, 0.29) is 11.8 Å². The van der Waals surface area contributed by atoms with Gasteiger partial charge in [-0.3, -0.25) is 9.59 Å². The van der Waals surface area contributed by atoms with Crippen LogP contribution in [0.3, 0.4) is 0 Å². The molecular weight excluding hydrogens is 256 g/mol. The average molecular weight is 284 g/mol. The molecule has 2 atom stereocenters. The van der Waals surface area contributed by atoms with Crippen molar-refractivity contribution < 1.29 is 14.7 Å². The number of carboxylic acids is 1. The molecule has 1 aliphatic rings. The molecule has 5 nitrogen and oxygen atoms in total. The highest BCUT2D eigenvalue weighted by Gasteiger charge is 2.66. The van der Waals surface area contributed by atoms with Crippen LogP contribution in [0, 0.1) is 23.2 Å². The van der Waals surface area contributed by atoms with Gasteiger partial charge in [0, 0.05) is 19.6 Å². The fourth-order valence-electron chi connectivity index (χ4n) is 2.81. The molecule has 0 radical (unpaired) electrons. The van der Waals surface area contributed by atoms with E-state index in [2.05, 4.69) is 13.8 Å². The monoisotopic (exact) mass is 284 g/mol. The number of nitrogens with zero attached hydrogens (tertiary/aromatic N) is 2. The van der Waals surface area contributed by atoms with Crippen molar-refractivity contribution >= 4 is 11.9 Å². The van der Waals surface area contributed by atoms with Crippen molar-refractivity contribution in [1.82, 2.24) is 9.80 Å². The fraction of sp³-hybridized carbons (Fsp3) is 0.867. The number of amides is 1. The summed E-state index contributed by atoms with van der Waals surface area (Å²) in [5.74, 6) is -1.39. The van der Waals surface area contributed by atoms with Gasteiger partial charge in [0.15, 0.2) is 0 Å². The first-order chi connectivity index (χ1) is 9.09. The molecule has 20 heavy (non-hydrogen) atoms. The van der Waals surface area contributed by atoms with Gasteiger partial charge >= 0.3 is 5.97 Å².